The van der Waals surface area contributed by atoms with Crippen molar-refractivity contribution in [2.24, 2.45) is 0 Å². The van der Waals surface area contributed by atoms with Crippen LogP contribution in [-0.2, 0) is 16.0 Å². The first kappa shape index (κ1) is 17.0. The molecule has 0 aliphatic carbocycles. The fourth-order valence-electron chi connectivity index (χ4n) is 2.03. The lowest BCUT2D eigenvalue weighted by Crippen LogP contribution is -2.43. The molecule has 0 heterocycles. The molecule has 23 heavy (non-hydrogen) atoms. The highest BCUT2D eigenvalue weighted by molar-refractivity contribution is 6.30. The zero-order valence-electron chi connectivity index (χ0n) is 12.4. The van der Waals surface area contributed by atoms with Gasteiger partial charge in [-0.3, -0.25) is 4.79 Å². The lowest BCUT2D eigenvalue weighted by molar-refractivity contribution is -0.142. The van der Waals surface area contributed by atoms with Gasteiger partial charge in [0.2, 0.25) is 0 Å². The summed E-state index contributed by atoms with van der Waals surface area (Å²) in [6.45, 7) is 0. The number of ether oxygens (including phenoxy) is 1. The maximum absolute atomic E-state index is 12.9. The first-order valence-electron chi connectivity index (χ1n) is 6.88. The lowest BCUT2D eigenvalue weighted by Gasteiger charge is -2.16. The summed E-state index contributed by atoms with van der Waals surface area (Å²) in [5, 5.41) is 3.13. The van der Waals surface area contributed by atoms with Crippen molar-refractivity contribution in [1.29, 1.82) is 0 Å². The molecule has 0 bridgehead atoms. The molecule has 0 spiro atoms. The van der Waals surface area contributed by atoms with Gasteiger partial charge in [-0.25, -0.2) is 9.18 Å². The van der Waals surface area contributed by atoms with Crippen molar-refractivity contribution in [2.75, 3.05) is 7.11 Å². The highest BCUT2D eigenvalue weighted by atomic mass is 35.5. The van der Waals surface area contributed by atoms with Crippen molar-refractivity contribution in [3.8, 4) is 0 Å². The molecule has 2 aromatic rings. The summed E-state index contributed by atoms with van der Waals surface area (Å²) in [6.07, 6.45) is 0.201. The Labute approximate surface area is 138 Å². The van der Waals surface area contributed by atoms with Crippen LogP contribution in [0.15, 0.2) is 48.5 Å². The van der Waals surface area contributed by atoms with Gasteiger partial charge >= 0.3 is 5.97 Å². The van der Waals surface area contributed by atoms with E-state index in [1.54, 1.807) is 36.4 Å². The molecule has 1 amide bonds. The second-order valence-electron chi connectivity index (χ2n) is 4.89. The van der Waals surface area contributed by atoms with Gasteiger partial charge in [0.25, 0.3) is 5.91 Å². The number of halogens is 2. The minimum Gasteiger partial charge on any atom is -0.467 e. The largest absolute Gasteiger partial charge is 0.467 e. The van der Waals surface area contributed by atoms with E-state index in [1.807, 2.05) is 0 Å². The van der Waals surface area contributed by atoms with E-state index in [-0.39, 0.29) is 12.2 Å². The van der Waals surface area contributed by atoms with Gasteiger partial charge in [-0.1, -0.05) is 23.7 Å². The van der Waals surface area contributed by atoms with E-state index in [4.69, 9.17) is 16.3 Å². The van der Waals surface area contributed by atoms with Gasteiger partial charge < -0.3 is 10.1 Å². The van der Waals surface area contributed by atoms with Crippen LogP contribution in [-0.4, -0.2) is 25.0 Å². The maximum Gasteiger partial charge on any atom is 0.328 e. The molecule has 2 rings (SSSR count). The number of nitrogens with one attached hydrogen (secondary N) is 1. The predicted molar refractivity (Wildman–Crippen MR) is 84.8 cm³/mol. The van der Waals surface area contributed by atoms with E-state index in [0.29, 0.717) is 16.1 Å². The third kappa shape index (κ3) is 4.79. The summed E-state index contributed by atoms with van der Waals surface area (Å²) in [5.41, 5.74) is 1.08. The van der Waals surface area contributed by atoms with Crippen LogP contribution in [0.3, 0.4) is 0 Å². The van der Waals surface area contributed by atoms with Gasteiger partial charge in [-0.15, -0.1) is 0 Å². The molecule has 2 aromatic carbocycles. The Balaban J connectivity index is 2.12. The van der Waals surface area contributed by atoms with Crippen LogP contribution >= 0.6 is 11.6 Å². The Morgan fingerprint density at radius 3 is 2.30 bits per heavy atom. The summed E-state index contributed by atoms with van der Waals surface area (Å²) >= 11 is 5.78. The smallest absolute Gasteiger partial charge is 0.328 e. The highest BCUT2D eigenvalue weighted by Crippen LogP contribution is 2.11. The summed E-state index contributed by atoms with van der Waals surface area (Å²) < 4.78 is 17.7. The molecule has 1 N–H and O–H groups in total. The van der Waals surface area contributed by atoms with E-state index in [1.165, 1.54) is 19.2 Å². The van der Waals surface area contributed by atoms with E-state index in [9.17, 15) is 14.0 Å². The average Bonchev–Trinajstić information content (AvgIpc) is 2.56. The van der Waals surface area contributed by atoms with Crippen LogP contribution in [0.2, 0.25) is 5.02 Å². The van der Waals surface area contributed by atoms with Crippen LogP contribution in [0.4, 0.5) is 4.39 Å². The van der Waals surface area contributed by atoms with Crippen molar-refractivity contribution < 1.29 is 18.7 Å². The second kappa shape index (κ2) is 7.74. The molecule has 4 nitrogen and oxygen atoms in total. The zero-order valence-corrected chi connectivity index (χ0v) is 13.1. The van der Waals surface area contributed by atoms with Gasteiger partial charge in [0.15, 0.2) is 0 Å². The van der Waals surface area contributed by atoms with Crippen LogP contribution in [0.1, 0.15) is 15.9 Å². The molecular formula is C17H15ClFNO3. The monoisotopic (exact) mass is 335 g/mol. The molecule has 0 aromatic heterocycles. The maximum atomic E-state index is 12.9. The Hall–Kier alpha value is -2.40. The molecular weight excluding hydrogens is 321 g/mol. The molecule has 1 atom stereocenters. The number of carbonyl (C=O) groups is 2. The van der Waals surface area contributed by atoms with E-state index >= 15 is 0 Å². The van der Waals surface area contributed by atoms with Gasteiger partial charge in [-0.2, -0.15) is 0 Å². The molecule has 0 fully saturated rings. The topological polar surface area (TPSA) is 55.4 Å². The number of hydrogen-bond acceptors (Lipinski definition) is 3. The minimum absolute atomic E-state index is 0.201. The Morgan fingerprint density at radius 1 is 1.13 bits per heavy atom. The van der Waals surface area contributed by atoms with E-state index in [2.05, 4.69) is 5.32 Å². The standard InChI is InChI=1S/C17H15ClFNO3/c1-23-17(22)15(10-11-2-8-14(19)9-3-11)20-16(21)12-4-6-13(18)7-5-12/h2-9,15H,10H2,1H3,(H,20,21)/t15-/m0/s1. The predicted octanol–water partition coefficient (Wildman–Crippen LogP) is 2.99. The van der Waals surface area contributed by atoms with Crippen molar-refractivity contribution in [3.05, 3.63) is 70.5 Å². The number of benzene rings is 2. The Morgan fingerprint density at radius 2 is 1.74 bits per heavy atom. The normalized spacial score (nSPS) is 11.6. The first-order valence-corrected chi connectivity index (χ1v) is 7.26. The SMILES string of the molecule is COC(=O)[C@H](Cc1ccc(F)cc1)NC(=O)c1ccc(Cl)cc1. The number of carbonyl (C=O) groups excluding carboxylic acids is 2. The quantitative estimate of drug-likeness (QED) is 0.855. The first-order chi connectivity index (χ1) is 11.0. The Bertz CT molecular complexity index is 686. The van der Waals surface area contributed by atoms with E-state index < -0.39 is 17.9 Å². The lowest BCUT2D eigenvalue weighted by atomic mass is 10.1. The third-order valence-electron chi connectivity index (χ3n) is 3.25. The molecule has 0 saturated carbocycles. The highest BCUT2D eigenvalue weighted by Gasteiger charge is 2.22. The zero-order chi connectivity index (χ0) is 16.8. The molecule has 120 valence electrons. The molecule has 0 aliphatic heterocycles. The van der Waals surface area contributed by atoms with Gasteiger partial charge in [-0.05, 0) is 42.0 Å². The molecule has 6 heteroatoms. The van der Waals surface area contributed by atoms with Crippen molar-refractivity contribution in [1.82, 2.24) is 5.32 Å². The van der Waals surface area contributed by atoms with Crippen LogP contribution in [0.5, 0.6) is 0 Å². The second-order valence-corrected chi connectivity index (χ2v) is 5.32. The fourth-order valence-corrected chi connectivity index (χ4v) is 2.16. The average molecular weight is 336 g/mol. The molecule has 0 aliphatic rings. The van der Waals surface area contributed by atoms with Crippen molar-refractivity contribution in [2.45, 2.75) is 12.5 Å². The third-order valence-corrected chi connectivity index (χ3v) is 3.50. The van der Waals surface area contributed by atoms with E-state index in [0.717, 1.165) is 0 Å². The molecule has 0 radical (unpaired) electrons. The summed E-state index contributed by atoms with van der Waals surface area (Å²) in [6, 6.07) is 11.1. The summed E-state index contributed by atoms with van der Waals surface area (Å²) in [5.74, 6) is -1.36. The van der Waals surface area contributed by atoms with Crippen LogP contribution in [0.25, 0.3) is 0 Å². The van der Waals surface area contributed by atoms with Crippen molar-refractivity contribution >= 4 is 23.5 Å². The summed E-state index contributed by atoms with van der Waals surface area (Å²) in [7, 11) is 1.24. The Kier molecular flexibility index (Phi) is 5.71. The minimum atomic E-state index is -0.867. The van der Waals surface area contributed by atoms with Gasteiger partial charge in [0.05, 0.1) is 7.11 Å². The van der Waals surface area contributed by atoms with Gasteiger partial charge in [0, 0.05) is 17.0 Å². The number of hydrogen-bond donors (Lipinski definition) is 1. The van der Waals surface area contributed by atoms with Crippen molar-refractivity contribution in [3.63, 3.8) is 0 Å². The van der Waals surface area contributed by atoms with Gasteiger partial charge in [0.1, 0.15) is 11.9 Å². The summed E-state index contributed by atoms with van der Waals surface area (Å²) in [4.78, 5) is 24.1. The number of amides is 1. The molecule has 0 unspecified atom stereocenters. The van der Waals surface area contributed by atoms with Crippen LogP contribution in [0, 0.1) is 5.82 Å². The van der Waals surface area contributed by atoms with Crippen LogP contribution < -0.4 is 5.32 Å². The fraction of sp³-hybridized carbons (Fsp3) is 0.176. The molecule has 0 saturated heterocycles. The number of esters is 1. The number of rotatable bonds is 5. The number of methoxy groups -OCH3 is 1.